The van der Waals surface area contributed by atoms with Crippen molar-refractivity contribution in [1.29, 1.82) is 0 Å². The Hall–Kier alpha value is -1.79. The van der Waals surface area contributed by atoms with E-state index in [1.54, 1.807) is 25.1 Å². The second-order valence-electron chi connectivity index (χ2n) is 5.91. The van der Waals surface area contributed by atoms with Gasteiger partial charge in [-0.15, -0.1) is 0 Å². The number of carboxylic acids is 1. The fourth-order valence-electron chi connectivity index (χ4n) is 2.51. The van der Waals surface area contributed by atoms with Gasteiger partial charge in [0, 0.05) is 11.6 Å². The molecule has 0 saturated carbocycles. The van der Waals surface area contributed by atoms with E-state index in [1.165, 1.54) is 11.8 Å². The lowest BCUT2D eigenvalue weighted by molar-refractivity contribution is -0.148. The van der Waals surface area contributed by atoms with Crippen molar-refractivity contribution >= 4 is 46.7 Å². The third-order valence-corrected chi connectivity index (χ3v) is 4.85. The van der Waals surface area contributed by atoms with Crippen LogP contribution in [0.4, 0.5) is 5.69 Å². The first kappa shape index (κ1) is 18.5. The van der Waals surface area contributed by atoms with Gasteiger partial charge >= 0.3 is 5.97 Å². The van der Waals surface area contributed by atoms with Gasteiger partial charge in [0.05, 0.1) is 10.7 Å². The van der Waals surface area contributed by atoms with Crippen LogP contribution in [0.2, 0.25) is 10.0 Å². The molecule has 24 heavy (non-hydrogen) atoms. The zero-order chi connectivity index (χ0) is 18.1. The number of halogens is 2. The normalized spacial score (nSPS) is 19.9. The van der Waals surface area contributed by atoms with Crippen LogP contribution < -0.4 is 10.2 Å². The lowest BCUT2D eigenvalue weighted by Crippen LogP contribution is -2.54. The lowest BCUT2D eigenvalue weighted by atomic mass is 9.97. The molecule has 0 aliphatic carbocycles. The Kier molecular flexibility index (Phi) is 5.40. The number of nitrogens with zero attached hydrogens (tertiary/aromatic N) is 1. The number of nitrogens with one attached hydrogen (secondary N) is 1. The molecule has 0 bridgehead atoms. The first-order chi connectivity index (χ1) is 11.2. The third kappa shape index (κ3) is 3.49. The van der Waals surface area contributed by atoms with E-state index in [4.69, 9.17) is 23.2 Å². The van der Waals surface area contributed by atoms with Gasteiger partial charge in [-0.2, -0.15) is 0 Å². The van der Waals surface area contributed by atoms with E-state index >= 15 is 0 Å². The minimum absolute atomic E-state index is 0.207. The molecule has 1 aliphatic rings. The van der Waals surface area contributed by atoms with E-state index in [-0.39, 0.29) is 12.8 Å². The number of rotatable bonds is 5. The standard InChI is InChI=1S/C16H18Cl2N2O4/c1-3-16(2,15(23)24)19-13(21)10-6-7-20(14(10)22)12-8-9(17)4-5-11(12)18/h4-5,8,10H,3,6-7H2,1-2H3,(H,19,21)(H,23,24). The maximum absolute atomic E-state index is 12.6. The molecule has 130 valence electrons. The molecule has 0 spiro atoms. The molecule has 1 heterocycles. The monoisotopic (exact) mass is 372 g/mol. The van der Waals surface area contributed by atoms with Crippen molar-refractivity contribution in [3.63, 3.8) is 0 Å². The summed E-state index contributed by atoms with van der Waals surface area (Å²) in [6, 6.07) is 4.76. The summed E-state index contributed by atoms with van der Waals surface area (Å²) in [7, 11) is 0. The first-order valence-electron chi connectivity index (χ1n) is 7.51. The fraction of sp³-hybridized carbons (Fsp3) is 0.438. The van der Waals surface area contributed by atoms with Crippen LogP contribution in [0, 0.1) is 5.92 Å². The van der Waals surface area contributed by atoms with E-state index < -0.39 is 29.2 Å². The summed E-state index contributed by atoms with van der Waals surface area (Å²) in [4.78, 5) is 37.7. The highest BCUT2D eigenvalue weighted by Crippen LogP contribution is 2.33. The number of hydrogen-bond acceptors (Lipinski definition) is 3. The summed E-state index contributed by atoms with van der Waals surface area (Å²) >= 11 is 12.1. The minimum atomic E-state index is -1.40. The van der Waals surface area contributed by atoms with E-state index in [9.17, 15) is 19.5 Å². The molecule has 0 radical (unpaired) electrons. The largest absolute Gasteiger partial charge is 0.480 e. The van der Waals surface area contributed by atoms with Gasteiger partial charge in [0.15, 0.2) is 0 Å². The van der Waals surface area contributed by atoms with Crippen molar-refractivity contribution in [2.24, 2.45) is 5.92 Å². The van der Waals surface area contributed by atoms with Gasteiger partial charge in [0.2, 0.25) is 11.8 Å². The van der Waals surface area contributed by atoms with Crippen LogP contribution in [0.1, 0.15) is 26.7 Å². The molecule has 2 unspecified atom stereocenters. The van der Waals surface area contributed by atoms with Gasteiger partial charge in [-0.25, -0.2) is 4.79 Å². The summed E-state index contributed by atoms with van der Waals surface area (Å²) < 4.78 is 0. The second-order valence-corrected chi connectivity index (χ2v) is 6.75. The molecule has 2 amide bonds. The van der Waals surface area contributed by atoms with Gasteiger partial charge in [-0.1, -0.05) is 30.1 Å². The van der Waals surface area contributed by atoms with Crippen LogP contribution in [0.15, 0.2) is 18.2 Å². The Morgan fingerprint density at radius 3 is 2.67 bits per heavy atom. The molecule has 2 atom stereocenters. The lowest BCUT2D eigenvalue weighted by Gasteiger charge is -2.26. The molecular weight excluding hydrogens is 355 g/mol. The molecule has 6 nitrogen and oxygen atoms in total. The summed E-state index contributed by atoms with van der Waals surface area (Å²) in [6.07, 6.45) is 0.492. The number of carbonyl (C=O) groups excluding carboxylic acids is 2. The number of hydrogen-bond donors (Lipinski definition) is 2. The van der Waals surface area contributed by atoms with Crippen LogP contribution in [0.5, 0.6) is 0 Å². The summed E-state index contributed by atoms with van der Waals surface area (Å²) in [5.41, 5.74) is -0.959. The average molecular weight is 373 g/mol. The Morgan fingerprint density at radius 1 is 1.42 bits per heavy atom. The zero-order valence-corrected chi connectivity index (χ0v) is 14.8. The number of carbonyl (C=O) groups is 3. The van der Waals surface area contributed by atoms with Gasteiger partial charge in [0.25, 0.3) is 0 Å². The molecule has 1 saturated heterocycles. The van der Waals surface area contributed by atoms with Crippen molar-refractivity contribution in [3.05, 3.63) is 28.2 Å². The number of amides is 2. The van der Waals surface area contributed by atoms with E-state index in [1.807, 2.05) is 0 Å². The number of aliphatic carboxylic acids is 1. The Morgan fingerprint density at radius 2 is 2.08 bits per heavy atom. The zero-order valence-electron chi connectivity index (χ0n) is 13.3. The fourth-order valence-corrected chi connectivity index (χ4v) is 2.89. The Bertz CT molecular complexity index is 695. The van der Waals surface area contributed by atoms with Crippen LogP contribution in [0.25, 0.3) is 0 Å². The van der Waals surface area contributed by atoms with Crippen LogP contribution in [-0.2, 0) is 14.4 Å². The third-order valence-electron chi connectivity index (χ3n) is 4.30. The van der Waals surface area contributed by atoms with Gasteiger partial charge in [-0.05, 0) is 38.0 Å². The smallest absolute Gasteiger partial charge is 0.329 e. The predicted molar refractivity (Wildman–Crippen MR) is 91.4 cm³/mol. The minimum Gasteiger partial charge on any atom is -0.480 e. The molecule has 2 N–H and O–H groups in total. The van der Waals surface area contributed by atoms with Crippen molar-refractivity contribution in [2.75, 3.05) is 11.4 Å². The first-order valence-corrected chi connectivity index (χ1v) is 8.27. The Balaban J connectivity index is 2.18. The summed E-state index contributed by atoms with van der Waals surface area (Å²) in [6.45, 7) is 3.38. The van der Waals surface area contributed by atoms with E-state index in [0.717, 1.165) is 0 Å². The average Bonchev–Trinajstić information content (AvgIpc) is 2.91. The van der Waals surface area contributed by atoms with Crippen molar-refractivity contribution in [1.82, 2.24) is 5.32 Å². The van der Waals surface area contributed by atoms with Crippen molar-refractivity contribution in [2.45, 2.75) is 32.2 Å². The molecule has 0 aromatic heterocycles. The molecule has 1 aromatic carbocycles. The molecular formula is C16H18Cl2N2O4. The molecule has 1 aromatic rings. The molecule has 8 heteroatoms. The highest BCUT2D eigenvalue weighted by atomic mass is 35.5. The molecule has 1 aliphatic heterocycles. The highest BCUT2D eigenvalue weighted by Gasteiger charge is 2.42. The number of benzene rings is 1. The topological polar surface area (TPSA) is 86.7 Å². The second kappa shape index (κ2) is 6.99. The van der Waals surface area contributed by atoms with Gasteiger partial charge in [-0.3, -0.25) is 9.59 Å². The maximum Gasteiger partial charge on any atom is 0.329 e. The van der Waals surface area contributed by atoms with Crippen LogP contribution >= 0.6 is 23.2 Å². The van der Waals surface area contributed by atoms with Gasteiger partial charge in [0.1, 0.15) is 11.5 Å². The number of anilines is 1. The highest BCUT2D eigenvalue weighted by molar-refractivity contribution is 6.36. The van der Waals surface area contributed by atoms with Crippen LogP contribution in [0.3, 0.4) is 0 Å². The quantitative estimate of drug-likeness (QED) is 0.777. The molecule has 2 rings (SSSR count). The van der Waals surface area contributed by atoms with Crippen molar-refractivity contribution in [3.8, 4) is 0 Å². The summed E-state index contributed by atoms with van der Waals surface area (Å²) in [5.74, 6) is -3.09. The Labute approximate surface area is 149 Å². The van der Waals surface area contributed by atoms with Gasteiger partial charge < -0.3 is 15.3 Å². The van der Waals surface area contributed by atoms with Crippen molar-refractivity contribution < 1.29 is 19.5 Å². The SMILES string of the molecule is CCC(C)(NC(=O)C1CCN(c2cc(Cl)ccc2Cl)C1=O)C(=O)O. The van der Waals surface area contributed by atoms with E-state index in [0.29, 0.717) is 22.3 Å². The number of carboxylic acid groups (broad SMARTS) is 1. The molecule has 1 fully saturated rings. The predicted octanol–water partition coefficient (Wildman–Crippen LogP) is 2.72. The maximum atomic E-state index is 12.6. The van der Waals surface area contributed by atoms with E-state index in [2.05, 4.69) is 5.32 Å². The van der Waals surface area contributed by atoms with Crippen LogP contribution in [-0.4, -0.2) is 35.0 Å². The summed E-state index contributed by atoms with van der Waals surface area (Å²) in [5, 5.41) is 12.5.